The summed E-state index contributed by atoms with van der Waals surface area (Å²) in [4.78, 5) is 0. The number of nitrogens with zero attached hydrogens (tertiary/aromatic N) is 1. The van der Waals surface area contributed by atoms with Crippen LogP contribution in [0.15, 0.2) is 12.2 Å². The average molecular weight is 127 g/mol. The maximum Gasteiger partial charge on any atom is 0.134 e. The molecule has 0 aliphatic heterocycles. The minimum absolute atomic E-state index is 0.0278. The molecule has 0 saturated heterocycles. The Morgan fingerprint density at radius 1 is 1.62 bits per heavy atom. The second-order valence-electron chi connectivity index (χ2n) is 1.55. The summed E-state index contributed by atoms with van der Waals surface area (Å²) in [6, 6.07) is 0. The van der Waals surface area contributed by atoms with Crippen LogP contribution in [0.1, 0.15) is 0 Å². The maximum atomic E-state index is 8.78. The molecule has 0 bridgehead atoms. The minimum atomic E-state index is -0.389. The van der Waals surface area contributed by atoms with Gasteiger partial charge in [-0.25, -0.2) is 0 Å². The summed E-state index contributed by atoms with van der Waals surface area (Å²) < 4.78 is 0. The molecular weight excluding hydrogens is 122 g/mol. The van der Waals surface area contributed by atoms with Crippen molar-refractivity contribution >= 4 is 11.8 Å². The first-order valence-corrected chi connectivity index (χ1v) is 3.13. The molecule has 2 atom stereocenters. The Balaban J connectivity index is 2.33. The van der Waals surface area contributed by atoms with Crippen LogP contribution in [0.5, 0.6) is 0 Å². The summed E-state index contributed by atoms with van der Waals surface area (Å²) in [5.74, 6) is 0. The van der Waals surface area contributed by atoms with E-state index in [1.807, 2.05) is 11.5 Å². The summed E-state index contributed by atoms with van der Waals surface area (Å²) in [6.45, 7) is 0. The third kappa shape index (κ3) is 0.857. The predicted octanol–water partition coefficient (Wildman–Crippen LogP) is 0.500. The minimum Gasteiger partial charge on any atom is -0.388 e. The van der Waals surface area contributed by atoms with Crippen LogP contribution in [-0.4, -0.2) is 16.5 Å². The Labute approximate surface area is 51.8 Å². The fraction of sp³-hybridized carbons (Fsp3) is 0.400. The van der Waals surface area contributed by atoms with Gasteiger partial charge in [0.2, 0.25) is 0 Å². The van der Waals surface area contributed by atoms with Gasteiger partial charge in [0.1, 0.15) is 5.40 Å². The lowest BCUT2D eigenvalue weighted by Crippen LogP contribution is -2.25. The van der Waals surface area contributed by atoms with Gasteiger partial charge in [0.15, 0.2) is 0 Å². The van der Waals surface area contributed by atoms with Crippen molar-refractivity contribution in [1.29, 1.82) is 5.26 Å². The Bertz CT molecular complexity index is 149. The van der Waals surface area contributed by atoms with Crippen molar-refractivity contribution in [2.24, 2.45) is 0 Å². The van der Waals surface area contributed by atoms with Crippen molar-refractivity contribution in [3.63, 3.8) is 0 Å². The van der Waals surface area contributed by atoms with Crippen LogP contribution in [0.25, 0.3) is 0 Å². The molecule has 0 fully saturated rings. The molecule has 0 heterocycles. The van der Waals surface area contributed by atoms with Crippen molar-refractivity contribution in [3.8, 4) is 5.40 Å². The van der Waals surface area contributed by atoms with E-state index < -0.39 is 0 Å². The highest BCUT2D eigenvalue weighted by Crippen LogP contribution is 2.22. The first-order valence-electron chi connectivity index (χ1n) is 2.25. The first kappa shape index (κ1) is 5.67. The zero-order valence-electron chi connectivity index (χ0n) is 4.11. The Morgan fingerprint density at radius 3 is 2.50 bits per heavy atom. The zero-order valence-corrected chi connectivity index (χ0v) is 4.93. The van der Waals surface area contributed by atoms with E-state index in [2.05, 4.69) is 0 Å². The summed E-state index contributed by atoms with van der Waals surface area (Å²) in [5.41, 5.74) is 0. The lowest BCUT2D eigenvalue weighted by atomic mass is 10.1. The van der Waals surface area contributed by atoms with Gasteiger partial charge in [-0.3, -0.25) is 0 Å². The van der Waals surface area contributed by atoms with E-state index in [4.69, 9.17) is 10.4 Å². The molecule has 0 saturated carbocycles. The zero-order chi connectivity index (χ0) is 5.98. The Kier molecular flexibility index (Phi) is 1.56. The second-order valence-corrected chi connectivity index (χ2v) is 2.51. The van der Waals surface area contributed by atoms with Crippen LogP contribution in [0.3, 0.4) is 0 Å². The highest BCUT2D eigenvalue weighted by molar-refractivity contribution is 8.04. The van der Waals surface area contributed by atoms with E-state index in [1.165, 1.54) is 0 Å². The largest absolute Gasteiger partial charge is 0.388 e. The number of hydrogen-bond acceptors (Lipinski definition) is 3. The van der Waals surface area contributed by atoms with Gasteiger partial charge in [0.05, 0.1) is 11.4 Å². The highest BCUT2D eigenvalue weighted by Gasteiger charge is 2.21. The quantitative estimate of drug-likeness (QED) is 0.412. The smallest absolute Gasteiger partial charge is 0.134 e. The third-order valence-corrected chi connectivity index (χ3v) is 1.84. The predicted molar refractivity (Wildman–Crippen MR) is 32.1 cm³/mol. The Hall–Kier alpha value is -0.460. The van der Waals surface area contributed by atoms with Gasteiger partial charge >= 0.3 is 0 Å². The van der Waals surface area contributed by atoms with Crippen LogP contribution in [-0.2, 0) is 0 Å². The number of aliphatic hydroxyl groups is 1. The molecule has 0 aromatic heterocycles. The molecule has 8 heavy (non-hydrogen) atoms. The van der Waals surface area contributed by atoms with E-state index in [0.717, 1.165) is 11.8 Å². The molecule has 2 unspecified atom stereocenters. The molecule has 0 radical (unpaired) electrons. The van der Waals surface area contributed by atoms with Crippen molar-refractivity contribution < 1.29 is 5.11 Å². The monoisotopic (exact) mass is 127 g/mol. The van der Waals surface area contributed by atoms with Gasteiger partial charge in [0, 0.05) is 0 Å². The molecule has 2 nitrogen and oxygen atoms in total. The molecular formula is C5H5NOS. The number of thiocyanates is 1. The second kappa shape index (κ2) is 2.21. The molecule has 3 heteroatoms. The van der Waals surface area contributed by atoms with Crippen LogP contribution in [0, 0.1) is 10.7 Å². The molecule has 1 aliphatic rings. The van der Waals surface area contributed by atoms with Crippen LogP contribution < -0.4 is 0 Å². The van der Waals surface area contributed by atoms with Gasteiger partial charge < -0.3 is 5.11 Å². The van der Waals surface area contributed by atoms with E-state index >= 15 is 0 Å². The van der Waals surface area contributed by atoms with Gasteiger partial charge in [-0.1, -0.05) is 12.2 Å². The summed E-state index contributed by atoms with van der Waals surface area (Å²) in [5, 5.41) is 18.8. The standard InChI is InChI=1S/C5H5NOS/c6-3-8-5-2-1-4(5)7/h1-2,4-5,7H. The Morgan fingerprint density at radius 2 is 2.38 bits per heavy atom. The van der Waals surface area contributed by atoms with Crippen molar-refractivity contribution in [2.45, 2.75) is 11.4 Å². The molecule has 0 spiro atoms. The maximum absolute atomic E-state index is 8.78. The normalized spacial score (nSPS) is 33.5. The van der Waals surface area contributed by atoms with Crippen molar-refractivity contribution in [1.82, 2.24) is 0 Å². The number of thioether (sulfide) groups is 1. The molecule has 1 rings (SSSR count). The molecule has 1 aliphatic carbocycles. The topological polar surface area (TPSA) is 44.0 Å². The van der Waals surface area contributed by atoms with Crippen LogP contribution in [0.4, 0.5) is 0 Å². The first-order chi connectivity index (χ1) is 3.84. The third-order valence-electron chi connectivity index (χ3n) is 1.02. The van der Waals surface area contributed by atoms with Gasteiger partial charge in [-0.2, -0.15) is 5.26 Å². The highest BCUT2D eigenvalue weighted by atomic mass is 32.2. The number of rotatable bonds is 1. The number of nitriles is 1. The number of hydrogen-bond donors (Lipinski definition) is 1. The molecule has 1 N–H and O–H groups in total. The fourth-order valence-electron chi connectivity index (χ4n) is 0.471. The summed E-state index contributed by atoms with van der Waals surface area (Å²) >= 11 is 1.09. The average Bonchev–Trinajstić information content (AvgIpc) is 1.79. The number of aliphatic hydroxyl groups excluding tert-OH is 1. The molecule has 0 aromatic carbocycles. The van der Waals surface area contributed by atoms with Gasteiger partial charge in [-0.15, -0.1) is 0 Å². The molecule has 0 amide bonds. The van der Waals surface area contributed by atoms with E-state index in [9.17, 15) is 0 Å². The van der Waals surface area contributed by atoms with Crippen LogP contribution in [0.2, 0.25) is 0 Å². The summed E-state index contributed by atoms with van der Waals surface area (Å²) in [6.07, 6.45) is 3.10. The summed E-state index contributed by atoms with van der Waals surface area (Å²) in [7, 11) is 0. The van der Waals surface area contributed by atoms with E-state index in [-0.39, 0.29) is 11.4 Å². The van der Waals surface area contributed by atoms with Crippen molar-refractivity contribution in [2.75, 3.05) is 0 Å². The molecule has 42 valence electrons. The van der Waals surface area contributed by atoms with Gasteiger partial charge in [0.25, 0.3) is 0 Å². The lowest BCUT2D eigenvalue weighted by Gasteiger charge is -2.19. The SMILES string of the molecule is N#CSC1C=CC1O. The lowest BCUT2D eigenvalue weighted by molar-refractivity contribution is 0.216. The van der Waals surface area contributed by atoms with Crippen molar-refractivity contribution in [3.05, 3.63) is 12.2 Å². The van der Waals surface area contributed by atoms with E-state index in [0.29, 0.717) is 0 Å². The van der Waals surface area contributed by atoms with Gasteiger partial charge in [-0.05, 0) is 11.8 Å². The van der Waals surface area contributed by atoms with Crippen LogP contribution >= 0.6 is 11.8 Å². The fourth-order valence-corrected chi connectivity index (χ4v) is 0.992. The van der Waals surface area contributed by atoms with E-state index in [1.54, 1.807) is 6.08 Å². The molecule has 0 aromatic rings.